The van der Waals surface area contributed by atoms with Crippen molar-refractivity contribution in [2.24, 2.45) is 0 Å². The molecule has 1 aromatic carbocycles. The Morgan fingerprint density at radius 2 is 2.07 bits per heavy atom. The molecule has 0 saturated heterocycles. The van der Waals surface area contributed by atoms with Gasteiger partial charge in [-0.3, -0.25) is 0 Å². The van der Waals surface area contributed by atoms with Crippen molar-refractivity contribution in [1.82, 2.24) is 0 Å². The van der Waals surface area contributed by atoms with Gasteiger partial charge in [-0.25, -0.2) is 0 Å². The minimum atomic E-state index is -0.194. The summed E-state index contributed by atoms with van der Waals surface area (Å²) in [4.78, 5) is 0. The molecule has 0 aliphatic rings. The standard InChI is InChI=1S/C12H17NOSe/c1-2-3-4-11(14)9-15-12-7-5-10(13)6-8-12/h2,5-8,11,14H,1,3-4,9,13H2. The van der Waals surface area contributed by atoms with E-state index in [0.29, 0.717) is 15.0 Å². The van der Waals surface area contributed by atoms with Crippen molar-refractivity contribution in [1.29, 1.82) is 0 Å². The Hall–Kier alpha value is -0.761. The number of nitrogens with two attached hydrogens (primary N) is 1. The number of aliphatic hydroxyl groups is 1. The molecule has 0 amide bonds. The Balaban J connectivity index is 2.30. The monoisotopic (exact) mass is 271 g/mol. The third kappa shape index (κ3) is 5.03. The van der Waals surface area contributed by atoms with E-state index in [0.717, 1.165) is 23.8 Å². The van der Waals surface area contributed by atoms with Gasteiger partial charge in [0.1, 0.15) is 0 Å². The molecule has 0 aliphatic carbocycles. The summed E-state index contributed by atoms with van der Waals surface area (Å²) in [6.07, 6.45) is 3.36. The zero-order valence-electron chi connectivity index (χ0n) is 8.73. The van der Waals surface area contributed by atoms with Crippen LogP contribution in [0.1, 0.15) is 12.8 Å². The third-order valence-electron chi connectivity index (χ3n) is 2.03. The van der Waals surface area contributed by atoms with E-state index in [1.165, 1.54) is 4.46 Å². The number of hydrogen-bond donors (Lipinski definition) is 2. The van der Waals surface area contributed by atoms with E-state index < -0.39 is 0 Å². The van der Waals surface area contributed by atoms with E-state index >= 15 is 0 Å². The maximum atomic E-state index is 9.64. The molecular weight excluding hydrogens is 253 g/mol. The van der Waals surface area contributed by atoms with Crippen molar-refractivity contribution >= 4 is 25.1 Å². The number of hydrogen-bond acceptors (Lipinski definition) is 2. The molecule has 15 heavy (non-hydrogen) atoms. The second-order valence-electron chi connectivity index (χ2n) is 3.40. The number of aliphatic hydroxyl groups excluding tert-OH is 1. The molecule has 82 valence electrons. The van der Waals surface area contributed by atoms with Crippen LogP contribution in [0, 0.1) is 0 Å². The Bertz CT molecular complexity index is 297. The summed E-state index contributed by atoms with van der Waals surface area (Å²) >= 11 is 0.342. The van der Waals surface area contributed by atoms with Crippen molar-refractivity contribution in [2.75, 3.05) is 5.73 Å². The molecule has 0 fully saturated rings. The van der Waals surface area contributed by atoms with Crippen LogP contribution in [0.5, 0.6) is 0 Å². The van der Waals surface area contributed by atoms with E-state index in [1.807, 2.05) is 30.3 Å². The number of anilines is 1. The van der Waals surface area contributed by atoms with Crippen LogP contribution in [0.4, 0.5) is 5.69 Å². The molecule has 0 aliphatic heterocycles. The van der Waals surface area contributed by atoms with E-state index in [9.17, 15) is 5.11 Å². The number of allylic oxidation sites excluding steroid dienone is 1. The molecule has 0 heterocycles. The Morgan fingerprint density at radius 1 is 1.40 bits per heavy atom. The molecule has 1 aromatic rings. The number of benzene rings is 1. The summed E-state index contributed by atoms with van der Waals surface area (Å²) in [7, 11) is 0. The van der Waals surface area contributed by atoms with Crippen LogP contribution in [-0.4, -0.2) is 26.2 Å². The predicted octanol–water partition coefficient (Wildman–Crippen LogP) is 1.34. The van der Waals surface area contributed by atoms with Gasteiger partial charge < -0.3 is 0 Å². The molecule has 0 aromatic heterocycles. The molecule has 0 bridgehead atoms. The van der Waals surface area contributed by atoms with E-state index in [1.54, 1.807) is 0 Å². The van der Waals surface area contributed by atoms with Crippen molar-refractivity contribution in [2.45, 2.75) is 24.3 Å². The first-order valence-corrected chi connectivity index (χ1v) is 7.06. The molecule has 1 atom stereocenters. The summed E-state index contributed by atoms with van der Waals surface area (Å²) in [6.45, 7) is 3.64. The van der Waals surface area contributed by atoms with Crippen LogP contribution in [0.15, 0.2) is 36.9 Å². The average Bonchev–Trinajstić information content (AvgIpc) is 2.25. The van der Waals surface area contributed by atoms with Gasteiger partial charge in [0.2, 0.25) is 0 Å². The van der Waals surface area contributed by atoms with Crippen molar-refractivity contribution in [3.63, 3.8) is 0 Å². The van der Waals surface area contributed by atoms with Gasteiger partial charge in [-0.15, -0.1) is 0 Å². The summed E-state index contributed by atoms with van der Waals surface area (Å²) in [5.41, 5.74) is 6.39. The quantitative estimate of drug-likeness (QED) is 0.465. The SMILES string of the molecule is C=CCCC(O)C[Se]c1ccc(N)cc1. The molecule has 3 heteroatoms. The fraction of sp³-hybridized carbons (Fsp3) is 0.333. The van der Waals surface area contributed by atoms with E-state index in [-0.39, 0.29) is 6.10 Å². The second kappa shape index (κ2) is 6.67. The Morgan fingerprint density at radius 3 is 2.67 bits per heavy atom. The second-order valence-corrected chi connectivity index (χ2v) is 5.69. The Kier molecular flexibility index (Phi) is 5.48. The van der Waals surface area contributed by atoms with Gasteiger partial charge in [-0.05, 0) is 0 Å². The first-order valence-electron chi connectivity index (χ1n) is 4.99. The molecule has 3 N–H and O–H groups in total. The van der Waals surface area contributed by atoms with Gasteiger partial charge in [0.05, 0.1) is 0 Å². The molecular formula is C12H17NOSe. The van der Waals surface area contributed by atoms with E-state index in [2.05, 4.69) is 6.58 Å². The van der Waals surface area contributed by atoms with Gasteiger partial charge in [0.25, 0.3) is 0 Å². The first kappa shape index (κ1) is 12.3. The van der Waals surface area contributed by atoms with Crippen LogP contribution >= 0.6 is 0 Å². The van der Waals surface area contributed by atoms with Crippen LogP contribution < -0.4 is 10.2 Å². The molecule has 0 spiro atoms. The van der Waals surface area contributed by atoms with E-state index in [4.69, 9.17) is 5.73 Å². The van der Waals surface area contributed by atoms with Gasteiger partial charge in [-0.1, -0.05) is 0 Å². The third-order valence-corrected chi connectivity index (χ3v) is 4.45. The van der Waals surface area contributed by atoms with Crippen LogP contribution in [0.2, 0.25) is 5.32 Å². The fourth-order valence-electron chi connectivity index (χ4n) is 1.15. The predicted molar refractivity (Wildman–Crippen MR) is 66.5 cm³/mol. The fourth-order valence-corrected chi connectivity index (χ4v) is 3.00. The summed E-state index contributed by atoms with van der Waals surface area (Å²) in [5.74, 6) is 0. The van der Waals surface area contributed by atoms with Crippen LogP contribution in [-0.2, 0) is 0 Å². The zero-order valence-corrected chi connectivity index (χ0v) is 10.4. The topological polar surface area (TPSA) is 46.2 Å². The Labute approximate surface area is 97.3 Å². The first-order chi connectivity index (χ1) is 7.22. The van der Waals surface area contributed by atoms with Crippen LogP contribution in [0.3, 0.4) is 0 Å². The normalized spacial score (nSPS) is 12.3. The summed E-state index contributed by atoms with van der Waals surface area (Å²) < 4.78 is 1.29. The minimum absolute atomic E-state index is 0.194. The van der Waals surface area contributed by atoms with Gasteiger partial charge >= 0.3 is 97.1 Å². The maximum absolute atomic E-state index is 9.64. The molecule has 2 nitrogen and oxygen atoms in total. The summed E-state index contributed by atoms with van der Waals surface area (Å²) in [6, 6.07) is 7.89. The van der Waals surface area contributed by atoms with Crippen molar-refractivity contribution in [3.8, 4) is 0 Å². The van der Waals surface area contributed by atoms with Crippen LogP contribution in [0.25, 0.3) is 0 Å². The molecule has 0 saturated carbocycles. The zero-order chi connectivity index (χ0) is 11.1. The van der Waals surface area contributed by atoms with Gasteiger partial charge in [0, 0.05) is 0 Å². The molecule has 1 unspecified atom stereocenters. The van der Waals surface area contributed by atoms with Gasteiger partial charge in [0.15, 0.2) is 0 Å². The molecule has 0 radical (unpaired) electrons. The van der Waals surface area contributed by atoms with Crippen molar-refractivity contribution < 1.29 is 5.11 Å². The number of nitrogen functional groups attached to an aromatic ring is 1. The summed E-state index contributed by atoms with van der Waals surface area (Å²) in [5, 5.41) is 10.5. The van der Waals surface area contributed by atoms with Crippen molar-refractivity contribution in [3.05, 3.63) is 36.9 Å². The number of rotatable bonds is 6. The van der Waals surface area contributed by atoms with Gasteiger partial charge in [-0.2, -0.15) is 0 Å². The molecule has 1 rings (SSSR count). The average molecular weight is 270 g/mol.